The van der Waals surface area contributed by atoms with Crippen LogP contribution in [-0.4, -0.2) is 11.5 Å². The monoisotopic (exact) mass is 444 g/mol. The van der Waals surface area contributed by atoms with Gasteiger partial charge in [0.25, 0.3) is 0 Å². The van der Waals surface area contributed by atoms with Crippen LogP contribution < -0.4 is 5.73 Å². The highest BCUT2D eigenvalue weighted by Gasteiger charge is 2.34. The predicted molar refractivity (Wildman–Crippen MR) is 103 cm³/mol. The second-order valence-corrected chi connectivity index (χ2v) is 7.37. The van der Waals surface area contributed by atoms with E-state index in [0.717, 1.165) is 34.5 Å². The van der Waals surface area contributed by atoms with Gasteiger partial charge in [-0.3, -0.25) is 0 Å². The van der Waals surface area contributed by atoms with Crippen LogP contribution in [0.25, 0.3) is 22.2 Å². The van der Waals surface area contributed by atoms with Crippen molar-refractivity contribution in [1.82, 2.24) is 4.98 Å². The van der Waals surface area contributed by atoms with Gasteiger partial charge >= 0.3 is 6.18 Å². The van der Waals surface area contributed by atoms with E-state index in [1.54, 1.807) is 6.07 Å². The molecular formula is C19H17BrClF3N2. The zero-order valence-corrected chi connectivity index (χ0v) is 16.1. The van der Waals surface area contributed by atoms with E-state index in [1.807, 2.05) is 24.3 Å². The molecule has 0 radical (unpaired) electrons. The highest BCUT2D eigenvalue weighted by Crippen LogP contribution is 2.42. The minimum absolute atomic E-state index is 0.0652. The molecule has 0 aliphatic carbocycles. The summed E-state index contributed by atoms with van der Waals surface area (Å²) in [5.74, 6) is 0. The van der Waals surface area contributed by atoms with Crippen LogP contribution in [0.3, 0.4) is 0 Å². The maximum absolute atomic E-state index is 13.5. The Kier molecular flexibility index (Phi) is 5.65. The summed E-state index contributed by atoms with van der Waals surface area (Å²) in [6.07, 6.45) is -2.29. The minimum Gasteiger partial charge on any atom is -0.354 e. The number of fused-ring (bicyclic) bond motifs is 1. The molecule has 0 unspecified atom stereocenters. The molecule has 0 atom stereocenters. The van der Waals surface area contributed by atoms with Gasteiger partial charge in [-0.25, -0.2) is 0 Å². The molecule has 0 aliphatic heterocycles. The van der Waals surface area contributed by atoms with E-state index in [9.17, 15) is 13.2 Å². The molecule has 26 heavy (non-hydrogen) atoms. The second-order valence-electron chi connectivity index (χ2n) is 6.08. The Morgan fingerprint density at radius 2 is 1.85 bits per heavy atom. The fourth-order valence-corrected chi connectivity index (χ4v) is 3.84. The number of alkyl halides is 3. The van der Waals surface area contributed by atoms with Crippen LogP contribution in [0.5, 0.6) is 0 Å². The van der Waals surface area contributed by atoms with Gasteiger partial charge in [0.1, 0.15) is 0 Å². The van der Waals surface area contributed by atoms with Gasteiger partial charge in [-0.15, -0.1) is 0 Å². The number of rotatable bonds is 5. The Hall–Kier alpha value is -1.50. The number of benzene rings is 2. The zero-order chi connectivity index (χ0) is 18.9. The highest BCUT2D eigenvalue weighted by molar-refractivity contribution is 9.10. The number of unbranched alkanes of at least 4 members (excludes halogenated alkanes) is 1. The Labute approximate surface area is 162 Å². The molecule has 3 rings (SSSR count). The molecule has 7 heteroatoms. The molecule has 0 aliphatic rings. The Morgan fingerprint density at radius 3 is 2.50 bits per heavy atom. The normalized spacial score (nSPS) is 12.1. The topological polar surface area (TPSA) is 41.8 Å². The van der Waals surface area contributed by atoms with Crippen molar-refractivity contribution in [2.45, 2.75) is 25.4 Å². The Bertz CT molecular complexity index is 934. The third-order valence-corrected chi connectivity index (χ3v) is 5.22. The van der Waals surface area contributed by atoms with Crippen LogP contribution in [0.2, 0.25) is 5.02 Å². The van der Waals surface area contributed by atoms with Crippen molar-refractivity contribution in [3.63, 3.8) is 0 Å². The van der Waals surface area contributed by atoms with E-state index < -0.39 is 11.7 Å². The maximum atomic E-state index is 13.5. The van der Waals surface area contributed by atoms with Crippen molar-refractivity contribution in [2.75, 3.05) is 6.54 Å². The standard InChI is InChI=1S/C19H17BrClF3N2/c20-16-7-2-1-6-13(16)17-12(5-3-4-8-25)14-9-11(21)10-15(18(14)26-17)19(22,23)24/h1-2,6-7,9-10,26H,3-5,8,25H2. The number of nitrogens with one attached hydrogen (secondary N) is 1. The smallest absolute Gasteiger partial charge is 0.354 e. The molecule has 0 saturated carbocycles. The number of nitrogens with two attached hydrogens (primary N) is 1. The minimum atomic E-state index is -4.49. The number of halogens is 5. The average Bonchev–Trinajstić information content (AvgIpc) is 2.92. The highest BCUT2D eigenvalue weighted by atomic mass is 79.9. The van der Waals surface area contributed by atoms with Gasteiger partial charge < -0.3 is 10.7 Å². The van der Waals surface area contributed by atoms with Crippen LogP contribution in [0.15, 0.2) is 40.9 Å². The Balaban J connectivity index is 2.29. The number of hydrogen-bond acceptors (Lipinski definition) is 1. The summed E-state index contributed by atoms with van der Waals surface area (Å²) in [7, 11) is 0. The number of aryl methyl sites for hydroxylation is 1. The van der Waals surface area contributed by atoms with Gasteiger partial charge in [-0.1, -0.05) is 45.7 Å². The molecule has 2 nitrogen and oxygen atoms in total. The zero-order valence-electron chi connectivity index (χ0n) is 13.8. The summed E-state index contributed by atoms with van der Waals surface area (Å²) in [5.41, 5.74) is 7.21. The van der Waals surface area contributed by atoms with Crippen LogP contribution >= 0.6 is 27.5 Å². The maximum Gasteiger partial charge on any atom is 0.418 e. The summed E-state index contributed by atoms with van der Waals surface area (Å²) in [5, 5.41) is 0.579. The molecule has 3 aromatic rings. The fraction of sp³-hybridized carbons (Fsp3) is 0.263. The lowest BCUT2D eigenvalue weighted by atomic mass is 9.99. The largest absolute Gasteiger partial charge is 0.418 e. The fourth-order valence-electron chi connectivity index (χ4n) is 3.14. The SMILES string of the molecule is NCCCCc1c(-c2ccccc2Br)[nH]c2c(C(F)(F)F)cc(Cl)cc12. The van der Waals surface area contributed by atoms with Crippen LogP contribution in [0.4, 0.5) is 13.2 Å². The molecule has 0 bridgehead atoms. The second kappa shape index (κ2) is 7.62. The van der Waals surface area contributed by atoms with E-state index in [-0.39, 0.29) is 10.5 Å². The molecule has 0 saturated heterocycles. The van der Waals surface area contributed by atoms with Crippen LogP contribution in [0.1, 0.15) is 24.0 Å². The number of hydrogen-bond donors (Lipinski definition) is 2. The molecular weight excluding hydrogens is 429 g/mol. The van der Waals surface area contributed by atoms with E-state index in [0.29, 0.717) is 24.0 Å². The van der Waals surface area contributed by atoms with Crippen molar-refractivity contribution in [3.05, 3.63) is 57.0 Å². The predicted octanol–water partition coefficient (Wildman–Crippen LogP) is 6.55. The molecule has 0 spiro atoms. The molecule has 0 amide bonds. The van der Waals surface area contributed by atoms with Gasteiger partial charge in [-0.2, -0.15) is 13.2 Å². The summed E-state index contributed by atoms with van der Waals surface area (Å²) >= 11 is 9.50. The van der Waals surface area contributed by atoms with Crippen molar-refractivity contribution in [1.29, 1.82) is 0 Å². The van der Waals surface area contributed by atoms with E-state index >= 15 is 0 Å². The number of aromatic amines is 1. The number of H-pyrrole nitrogens is 1. The van der Waals surface area contributed by atoms with Gasteiger partial charge in [0.2, 0.25) is 0 Å². The lowest BCUT2D eigenvalue weighted by Gasteiger charge is -2.09. The van der Waals surface area contributed by atoms with Crippen molar-refractivity contribution < 1.29 is 13.2 Å². The molecule has 138 valence electrons. The van der Waals surface area contributed by atoms with Crippen molar-refractivity contribution >= 4 is 38.4 Å². The van der Waals surface area contributed by atoms with Gasteiger partial charge in [0, 0.05) is 20.4 Å². The molecule has 1 aromatic heterocycles. The van der Waals surface area contributed by atoms with Crippen molar-refractivity contribution in [2.24, 2.45) is 5.73 Å². The first-order valence-corrected chi connectivity index (χ1v) is 9.36. The third-order valence-electron chi connectivity index (χ3n) is 4.31. The first-order valence-electron chi connectivity index (χ1n) is 8.19. The molecule has 2 aromatic carbocycles. The van der Waals surface area contributed by atoms with E-state index in [2.05, 4.69) is 20.9 Å². The van der Waals surface area contributed by atoms with E-state index in [1.165, 1.54) is 0 Å². The first kappa shape index (κ1) is 19.3. The average molecular weight is 446 g/mol. The summed E-state index contributed by atoms with van der Waals surface area (Å²) < 4.78 is 41.4. The Morgan fingerprint density at radius 1 is 1.12 bits per heavy atom. The van der Waals surface area contributed by atoms with E-state index in [4.69, 9.17) is 17.3 Å². The lowest BCUT2D eigenvalue weighted by Crippen LogP contribution is -2.05. The van der Waals surface area contributed by atoms with Crippen LogP contribution in [0, 0.1) is 0 Å². The molecule has 0 fully saturated rings. The first-order chi connectivity index (χ1) is 12.3. The van der Waals surface area contributed by atoms with Gasteiger partial charge in [0.05, 0.1) is 16.8 Å². The van der Waals surface area contributed by atoms with Gasteiger partial charge in [0.15, 0.2) is 0 Å². The lowest BCUT2D eigenvalue weighted by molar-refractivity contribution is -0.136. The molecule has 1 heterocycles. The summed E-state index contributed by atoms with van der Waals surface area (Å²) in [6.45, 7) is 0.543. The summed E-state index contributed by atoms with van der Waals surface area (Å²) in [4.78, 5) is 3.01. The van der Waals surface area contributed by atoms with Crippen LogP contribution in [-0.2, 0) is 12.6 Å². The van der Waals surface area contributed by atoms with Gasteiger partial charge in [-0.05, 0) is 49.6 Å². The summed E-state index contributed by atoms with van der Waals surface area (Å²) in [6, 6.07) is 10.0. The third kappa shape index (κ3) is 3.77. The van der Waals surface area contributed by atoms with Crippen molar-refractivity contribution in [3.8, 4) is 11.3 Å². The number of aromatic nitrogens is 1. The molecule has 3 N–H and O–H groups in total. The quantitative estimate of drug-likeness (QED) is 0.430.